The van der Waals surface area contributed by atoms with Crippen molar-refractivity contribution >= 4 is 21.8 Å². The number of pyridine rings is 1. The molecule has 2 aromatic heterocycles. The Labute approximate surface area is 230 Å². The first-order valence-corrected chi connectivity index (χ1v) is 12.0. The van der Waals surface area contributed by atoms with Crippen molar-refractivity contribution in [1.29, 1.82) is 0 Å². The van der Waals surface area contributed by atoms with Crippen LogP contribution in [-0.4, -0.2) is 21.6 Å². The first kappa shape index (κ1) is 28.6. The van der Waals surface area contributed by atoms with Crippen molar-refractivity contribution in [3.63, 3.8) is 0 Å². The Hall–Kier alpha value is -2.96. The number of halogens is 2. The zero-order valence-corrected chi connectivity index (χ0v) is 23.6. The molecule has 5 rings (SSSR count). The molecule has 0 aliphatic heterocycles. The molecule has 0 fully saturated rings. The van der Waals surface area contributed by atoms with Crippen molar-refractivity contribution in [2.45, 2.75) is 46.1 Å². The standard InChI is InChI=1S/C19H23N3.C11H6F2N.Ir/c1-13(2)20-19(21-14(3)4)22-17-11-7-5-9-15(17)16-10-6-8-12-18(16)22;12-8-4-5-9(10(13)7-8)11-3-1-2-6-14-11;/h5-14,19H,1-4H3;1-4,6-7H;/q-2;-1;+3. The van der Waals surface area contributed by atoms with Gasteiger partial charge in [0.25, 0.3) is 0 Å². The monoisotopic (exact) mass is 676 g/mol. The van der Waals surface area contributed by atoms with Crippen LogP contribution in [0.1, 0.15) is 34.0 Å². The van der Waals surface area contributed by atoms with E-state index in [4.69, 9.17) is 10.6 Å². The molecule has 0 aliphatic carbocycles. The Morgan fingerprint density at radius 2 is 1.32 bits per heavy atom. The predicted octanol–water partition coefficient (Wildman–Crippen LogP) is 8.64. The first-order valence-electron chi connectivity index (χ1n) is 12.0. The van der Waals surface area contributed by atoms with Crippen LogP contribution in [0.3, 0.4) is 0 Å². The van der Waals surface area contributed by atoms with Crippen LogP contribution in [0.4, 0.5) is 8.78 Å². The molecule has 0 atom stereocenters. The predicted molar refractivity (Wildman–Crippen MR) is 144 cm³/mol. The maximum atomic E-state index is 13.2. The third-order valence-electron chi connectivity index (χ3n) is 5.49. The topological polar surface area (TPSA) is 46.0 Å². The van der Waals surface area contributed by atoms with Crippen LogP contribution in [0.25, 0.3) is 43.7 Å². The molecular weight excluding hydrogens is 647 g/mol. The van der Waals surface area contributed by atoms with Gasteiger partial charge in [-0.1, -0.05) is 87.9 Å². The Morgan fingerprint density at radius 1 is 0.784 bits per heavy atom. The van der Waals surface area contributed by atoms with Crippen LogP contribution in [0.5, 0.6) is 0 Å². The fourth-order valence-corrected chi connectivity index (χ4v) is 4.06. The van der Waals surface area contributed by atoms with Gasteiger partial charge in [-0.2, -0.15) is 6.29 Å². The van der Waals surface area contributed by atoms with Crippen LogP contribution < -0.4 is 0 Å². The second kappa shape index (κ2) is 13.0. The summed E-state index contributed by atoms with van der Waals surface area (Å²) in [6.45, 7) is 8.43. The van der Waals surface area contributed by atoms with E-state index in [0.29, 0.717) is 5.69 Å². The summed E-state index contributed by atoms with van der Waals surface area (Å²) in [6.07, 6.45) is 1.37. The smallest absolute Gasteiger partial charge is 0.658 e. The molecule has 192 valence electrons. The number of nitrogens with zero attached hydrogens (tertiary/aromatic N) is 4. The summed E-state index contributed by atoms with van der Waals surface area (Å²) in [4.78, 5) is 3.95. The van der Waals surface area contributed by atoms with Gasteiger partial charge in [-0.3, -0.25) is 8.78 Å². The van der Waals surface area contributed by atoms with Gasteiger partial charge in [0.15, 0.2) is 0 Å². The SMILES string of the molecule is CC(C)[N-]C([N-]C(C)C)n1c2ccccc2c2ccccc21.Fc1c[c-]c(-c2ccccn2)c(F)c1.[Ir+3]. The van der Waals surface area contributed by atoms with Crippen molar-refractivity contribution < 1.29 is 28.9 Å². The van der Waals surface area contributed by atoms with Gasteiger partial charge in [0.2, 0.25) is 0 Å². The fourth-order valence-electron chi connectivity index (χ4n) is 4.06. The minimum Gasteiger partial charge on any atom is -0.658 e. The number of benzene rings is 3. The van der Waals surface area contributed by atoms with Crippen molar-refractivity contribution in [3.8, 4) is 11.3 Å². The summed E-state index contributed by atoms with van der Waals surface area (Å²) >= 11 is 0. The van der Waals surface area contributed by atoms with Gasteiger partial charge in [-0.05, 0) is 23.9 Å². The largest absolute Gasteiger partial charge is 3.00 e. The van der Waals surface area contributed by atoms with E-state index in [0.717, 1.165) is 12.1 Å². The fraction of sp³-hybridized carbons (Fsp3) is 0.233. The normalized spacial score (nSPS) is 11.2. The first-order chi connectivity index (χ1) is 17.3. The molecule has 0 aliphatic rings. The molecule has 0 spiro atoms. The molecule has 4 nitrogen and oxygen atoms in total. The van der Waals surface area contributed by atoms with Crippen LogP contribution in [0.2, 0.25) is 0 Å². The van der Waals surface area contributed by atoms with E-state index in [1.807, 2.05) is 0 Å². The van der Waals surface area contributed by atoms with E-state index in [2.05, 4.69) is 91.8 Å². The maximum Gasteiger partial charge on any atom is 3.00 e. The zero-order valence-electron chi connectivity index (χ0n) is 21.2. The summed E-state index contributed by atoms with van der Waals surface area (Å²) in [5, 5.41) is 12.2. The second-order valence-electron chi connectivity index (χ2n) is 8.99. The third-order valence-corrected chi connectivity index (χ3v) is 5.49. The minimum absolute atomic E-state index is 0. The third kappa shape index (κ3) is 6.88. The summed E-state index contributed by atoms with van der Waals surface area (Å²) < 4.78 is 28.1. The molecule has 2 heterocycles. The van der Waals surface area contributed by atoms with E-state index >= 15 is 0 Å². The Balaban J connectivity index is 0.000000220. The molecule has 3 aromatic carbocycles. The summed E-state index contributed by atoms with van der Waals surface area (Å²) in [7, 11) is 0. The number of para-hydroxylation sites is 2. The van der Waals surface area contributed by atoms with E-state index in [9.17, 15) is 8.78 Å². The molecule has 7 heteroatoms. The van der Waals surface area contributed by atoms with E-state index in [1.165, 1.54) is 21.8 Å². The Kier molecular flexibility index (Phi) is 10.1. The van der Waals surface area contributed by atoms with Gasteiger partial charge in [-0.25, -0.2) is 0 Å². The average Bonchev–Trinajstić information content (AvgIpc) is 3.18. The summed E-state index contributed by atoms with van der Waals surface area (Å²) in [6, 6.07) is 27.0. The molecule has 0 N–H and O–H groups in total. The molecule has 37 heavy (non-hydrogen) atoms. The Bertz CT molecular complexity index is 1370. The minimum atomic E-state index is -0.649. The van der Waals surface area contributed by atoms with Gasteiger partial charge in [-0.15, -0.1) is 24.2 Å². The molecular formula is C30H29F2IrN4. The van der Waals surface area contributed by atoms with E-state index in [1.54, 1.807) is 24.4 Å². The van der Waals surface area contributed by atoms with Gasteiger partial charge in [0.1, 0.15) is 0 Å². The van der Waals surface area contributed by atoms with Crippen LogP contribution in [0.15, 0.2) is 85.1 Å². The van der Waals surface area contributed by atoms with Crippen molar-refractivity contribution in [2.75, 3.05) is 0 Å². The van der Waals surface area contributed by atoms with Crippen molar-refractivity contribution in [3.05, 3.63) is 113 Å². The summed E-state index contributed by atoms with van der Waals surface area (Å²) in [5.41, 5.74) is 3.03. The molecule has 0 saturated carbocycles. The quantitative estimate of drug-likeness (QED) is 0.166. The van der Waals surface area contributed by atoms with Gasteiger partial charge in [0, 0.05) is 39.6 Å². The second-order valence-corrected chi connectivity index (χ2v) is 8.99. The number of fused-ring (bicyclic) bond motifs is 3. The summed E-state index contributed by atoms with van der Waals surface area (Å²) in [5.74, 6) is -1.29. The number of rotatable bonds is 6. The molecule has 0 radical (unpaired) electrons. The molecule has 0 amide bonds. The Morgan fingerprint density at radius 3 is 1.81 bits per heavy atom. The van der Waals surface area contributed by atoms with Crippen LogP contribution >= 0.6 is 0 Å². The molecule has 0 unspecified atom stereocenters. The van der Waals surface area contributed by atoms with Crippen molar-refractivity contribution in [1.82, 2.24) is 9.55 Å². The van der Waals surface area contributed by atoms with Crippen LogP contribution in [-0.2, 0) is 20.1 Å². The molecule has 0 bridgehead atoms. The van der Waals surface area contributed by atoms with E-state index < -0.39 is 11.6 Å². The van der Waals surface area contributed by atoms with Gasteiger partial charge in [0.05, 0.1) is 0 Å². The number of hydrogen-bond donors (Lipinski definition) is 0. The number of hydrogen-bond acceptors (Lipinski definition) is 1. The van der Waals surface area contributed by atoms with Gasteiger partial charge < -0.3 is 20.2 Å². The van der Waals surface area contributed by atoms with Crippen LogP contribution in [0, 0.1) is 17.7 Å². The van der Waals surface area contributed by atoms with Gasteiger partial charge >= 0.3 is 20.1 Å². The number of aromatic nitrogens is 2. The zero-order chi connectivity index (χ0) is 25.7. The van der Waals surface area contributed by atoms with E-state index in [-0.39, 0.29) is 44.0 Å². The molecule has 0 saturated heterocycles. The average molecular weight is 676 g/mol. The molecule has 5 aromatic rings. The maximum absolute atomic E-state index is 13.2. The van der Waals surface area contributed by atoms with Crippen molar-refractivity contribution in [2.24, 2.45) is 0 Å².